The lowest BCUT2D eigenvalue weighted by molar-refractivity contribution is -0.137. The monoisotopic (exact) mass is 319 g/mol. The molecule has 0 atom stereocenters. The molecule has 0 aliphatic rings. The molecule has 0 saturated heterocycles. The molecule has 2 aromatic rings. The first-order valence-electron chi connectivity index (χ1n) is 5.71. The van der Waals surface area contributed by atoms with Gasteiger partial charge >= 0.3 is 6.18 Å². The minimum atomic E-state index is -4.34. The summed E-state index contributed by atoms with van der Waals surface area (Å²) in [5.74, 6) is 0. The van der Waals surface area contributed by atoms with Gasteiger partial charge in [-0.05, 0) is 35.9 Å². The number of anilines is 1. The standard InChI is InChI=1S/C14H10Cl2F3N/c15-11-5-12(16)7-13(6-11)20-8-9-2-1-3-10(4-9)14(17,18)19/h1-7,20H,8H2. The number of benzene rings is 2. The number of hydrogen-bond donors (Lipinski definition) is 1. The van der Waals surface area contributed by atoms with E-state index in [1.807, 2.05) is 0 Å². The summed E-state index contributed by atoms with van der Waals surface area (Å²) in [6.07, 6.45) is -4.34. The number of rotatable bonds is 3. The van der Waals surface area contributed by atoms with Gasteiger partial charge in [0.2, 0.25) is 0 Å². The third-order valence-electron chi connectivity index (χ3n) is 2.61. The van der Waals surface area contributed by atoms with Crippen molar-refractivity contribution in [2.24, 2.45) is 0 Å². The molecule has 0 heterocycles. The Balaban J connectivity index is 2.11. The molecular formula is C14H10Cl2F3N. The van der Waals surface area contributed by atoms with Crippen LogP contribution in [0.1, 0.15) is 11.1 Å². The molecule has 0 spiro atoms. The van der Waals surface area contributed by atoms with Crippen LogP contribution in [0.4, 0.5) is 18.9 Å². The van der Waals surface area contributed by atoms with Gasteiger partial charge in [-0.15, -0.1) is 0 Å². The van der Waals surface area contributed by atoms with Crippen LogP contribution in [0.3, 0.4) is 0 Å². The molecule has 0 saturated carbocycles. The number of alkyl halides is 3. The van der Waals surface area contributed by atoms with Gasteiger partial charge in [-0.25, -0.2) is 0 Å². The minimum absolute atomic E-state index is 0.251. The number of nitrogens with one attached hydrogen (secondary N) is 1. The summed E-state index contributed by atoms with van der Waals surface area (Å²) in [6, 6.07) is 10.0. The van der Waals surface area contributed by atoms with Crippen LogP contribution in [0.2, 0.25) is 10.0 Å². The van der Waals surface area contributed by atoms with Gasteiger partial charge in [0.05, 0.1) is 5.56 Å². The molecule has 0 unspecified atom stereocenters. The molecule has 0 fully saturated rings. The van der Waals surface area contributed by atoms with Crippen molar-refractivity contribution >= 4 is 28.9 Å². The Kier molecular flexibility index (Phi) is 4.45. The smallest absolute Gasteiger partial charge is 0.381 e. The first-order valence-corrected chi connectivity index (χ1v) is 6.46. The van der Waals surface area contributed by atoms with Crippen molar-refractivity contribution in [3.8, 4) is 0 Å². The predicted octanol–water partition coefficient (Wildman–Crippen LogP) is 5.62. The zero-order valence-corrected chi connectivity index (χ0v) is 11.7. The van der Waals surface area contributed by atoms with Crippen LogP contribution in [0, 0.1) is 0 Å². The maximum atomic E-state index is 12.6. The second kappa shape index (κ2) is 5.94. The summed E-state index contributed by atoms with van der Waals surface area (Å²) < 4.78 is 37.7. The van der Waals surface area contributed by atoms with Crippen LogP contribution in [0.5, 0.6) is 0 Å². The van der Waals surface area contributed by atoms with Crippen molar-refractivity contribution < 1.29 is 13.2 Å². The molecule has 106 valence electrons. The summed E-state index contributed by atoms with van der Waals surface area (Å²) in [4.78, 5) is 0. The average Bonchev–Trinajstić information content (AvgIpc) is 2.35. The van der Waals surface area contributed by atoms with E-state index in [1.165, 1.54) is 6.07 Å². The molecule has 0 radical (unpaired) electrons. The first-order chi connectivity index (χ1) is 9.34. The van der Waals surface area contributed by atoms with E-state index < -0.39 is 11.7 Å². The SMILES string of the molecule is FC(F)(F)c1cccc(CNc2cc(Cl)cc(Cl)c2)c1. The van der Waals surface area contributed by atoms with Gasteiger partial charge < -0.3 is 5.32 Å². The van der Waals surface area contributed by atoms with E-state index in [0.29, 0.717) is 21.3 Å². The van der Waals surface area contributed by atoms with Crippen molar-refractivity contribution in [1.29, 1.82) is 0 Å². The first kappa shape index (κ1) is 15.0. The van der Waals surface area contributed by atoms with E-state index in [-0.39, 0.29) is 6.54 Å². The van der Waals surface area contributed by atoms with Crippen molar-refractivity contribution in [2.45, 2.75) is 12.7 Å². The van der Waals surface area contributed by atoms with Gasteiger partial charge in [0.1, 0.15) is 0 Å². The largest absolute Gasteiger partial charge is 0.416 e. The molecule has 2 rings (SSSR count). The van der Waals surface area contributed by atoms with Crippen LogP contribution in [0.15, 0.2) is 42.5 Å². The highest BCUT2D eigenvalue weighted by molar-refractivity contribution is 6.35. The summed E-state index contributed by atoms with van der Waals surface area (Å²) in [5.41, 5.74) is 0.511. The van der Waals surface area contributed by atoms with E-state index >= 15 is 0 Å². The fourth-order valence-corrected chi connectivity index (χ4v) is 2.24. The Morgan fingerprint density at radius 2 is 1.60 bits per heavy atom. The van der Waals surface area contributed by atoms with Gasteiger partial charge in [0, 0.05) is 22.3 Å². The Hall–Kier alpha value is -1.39. The minimum Gasteiger partial charge on any atom is -0.381 e. The van der Waals surface area contributed by atoms with Crippen LogP contribution in [0.25, 0.3) is 0 Å². The lowest BCUT2D eigenvalue weighted by Crippen LogP contribution is -2.06. The Labute approximate surface area is 124 Å². The van der Waals surface area contributed by atoms with Gasteiger partial charge in [0.15, 0.2) is 0 Å². The van der Waals surface area contributed by atoms with Crippen LogP contribution in [-0.4, -0.2) is 0 Å². The highest BCUT2D eigenvalue weighted by atomic mass is 35.5. The molecule has 20 heavy (non-hydrogen) atoms. The van der Waals surface area contributed by atoms with Crippen molar-refractivity contribution in [3.63, 3.8) is 0 Å². The third-order valence-corrected chi connectivity index (χ3v) is 3.05. The maximum Gasteiger partial charge on any atom is 0.416 e. The van der Waals surface area contributed by atoms with Crippen LogP contribution >= 0.6 is 23.2 Å². The van der Waals surface area contributed by atoms with Gasteiger partial charge in [-0.2, -0.15) is 13.2 Å². The summed E-state index contributed by atoms with van der Waals surface area (Å²) in [7, 11) is 0. The third kappa shape index (κ3) is 4.05. The molecular weight excluding hydrogens is 310 g/mol. The zero-order chi connectivity index (χ0) is 14.8. The van der Waals surface area contributed by atoms with Crippen molar-refractivity contribution in [2.75, 3.05) is 5.32 Å². The van der Waals surface area contributed by atoms with E-state index in [9.17, 15) is 13.2 Å². The molecule has 0 aliphatic heterocycles. The van der Waals surface area contributed by atoms with E-state index in [2.05, 4.69) is 5.32 Å². The molecule has 0 bridgehead atoms. The summed E-state index contributed by atoms with van der Waals surface area (Å²) >= 11 is 11.7. The normalized spacial score (nSPS) is 11.4. The fourth-order valence-electron chi connectivity index (χ4n) is 1.72. The van der Waals surface area contributed by atoms with Crippen molar-refractivity contribution in [3.05, 3.63) is 63.6 Å². The zero-order valence-electron chi connectivity index (χ0n) is 10.1. The van der Waals surface area contributed by atoms with Crippen LogP contribution < -0.4 is 5.32 Å². The highest BCUT2D eigenvalue weighted by Gasteiger charge is 2.30. The van der Waals surface area contributed by atoms with E-state index in [0.717, 1.165) is 12.1 Å². The molecule has 2 aromatic carbocycles. The van der Waals surface area contributed by atoms with E-state index in [1.54, 1.807) is 24.3 Å². The lowest BCUT2D eigenvalue weighted by Gasteiger charge is -2.10. The molecule has 6 heteroatoms. The predicted molar refractivity (Wildman–Crippen MR) is 75.2 cm³/mol. The average molecular weight is 320 g/mol. The highest BCUT2D eigenvalue weighted by Crippen LogP contribution is 2.30. The van der Waals surface area contributed by atoms with E-state index in [4.69, 9.17) is 23.2 Å². The molecule has 0 aliphatic carbocycles. The molecule has 0 amide bonds. The second-order valence-electron chi connectivity index (χ2n) is 4.21. The summed E-state index contributed by atoms with van der Waals surface area (Å²) in [5, 5.41) is 3.91. The Morgan fingerprint density at radius 3 is 2.20 bits per heavy atom. The van der Waals surface area contributed by atoms with Crippen molar-refractivity contribution in [1.82, 2.24) is 0 Å². The van der Waals surface area contributed by atoms with Crippen LogP contribution in [-0.2, 0) is 12.7 Å². The molecule has 0 aromatic heterocycles. The number of hydrogen-bond acceptors (Lipinski definition) is 1. The lowest BCUT2D eigenvalue weighted by atomic mass is 10.1. The molecule has 1 nitrogen and oxygen atoms in total. The van der Waals surface area contributed by atoms with Gasteiger partial charge in [-0.1, -0.05) is 35.3 Å². The maximum absolute atomic E-state index is 12.6. The van der Waals surface area contributed by atoms with Gasteiger partial charge in [0.25, 0.3) is 0 Å². The summed E-state index contributed by atoms with van der Waals surface area (Å²) in [6.45, 7) is 0.251. The quantitative estimate of drug-likeness (QED) is 0.773. The number of halogens is 5. The Morgan fingerprint density at radius 1 is 0.950 bits per heavy atom. The topological polar surface area (TPSA) is 12.0 Å². The fraction of sp³-hybridized carbons (Fsp3) is 0.143. The Bertz CT molecular complexity index is 591. The molecule has 1 N–H and O–H groups in total. The van der Waals surface area contributed by atoms with Gasteiger partial charge in [-0.3, -0.25) is 0 Å². The second-order valence-corrected chi connectivity index (χ2v) is 5.08.